The standard InChI is InChI=1S/C22H29NO2S/c1-21(2,3)16-12-15(13-17(18(16)24)22(4,5)6)26-19(20(23)25)14-10-8-7-9-11-14/h7-13,19,24H,1-6H3,(H2,23,25). The minimum absolute atomic E-state index is 0.213. The summed E-state index contributed by atoms with van der Waals surface area (Å²) in [6.45, 7) is 12.5. The molecule has 0 saturated heterocycles. The summed E-state index contributed by atoms with van der Waals surface area (Å²) >= 11 is 1.43. The van der Waals surface area contributed by atoms with Crippen LogP contribution in [0.3, 0.4) is 0 Å². The van der Waals surface area contributed by atoms with Gasteiger partial charge in [0.25, 0.3) is 0 Å². The van der Waals surface area contributed by atoms with E-state index in [4.69, 9.17) is 5.73 Å². The number of benzene rings is 2. The summed E-state index contributed by atoms with van der Waals surface area (Å²) in [6, 6.07) is 13.5. The van der Waals surface area contributed by atoms with E-state index in [1.54, 1.807) is 0 Å². The summed E-state index contributed by atoms with van der Waals surface area (Å²) in [7, 11) is 0. The molecule has 0 bridgehead atoms. The SMILES string of the molecule is CC(C)(C)c1cc(SC(C(N)=O)c2ccccc2)cc(C(C)(C)C)c1O. The van der Waals surface area contributed by atoms with Crippen LogP contribution in [0.15, 0.2) is 47.4 Å². The Morgan fingerprint density at radius 1 is 0.962 bits per heavy atom. The van der Waals surface area contributed by atoms with Crippen LogP contribution in [0.25, 0.3) is 0 Å². The summed E-state index contributed by atoms with van der Waals surface area (Å²) in [6.07, 6.45) is 0. The predicted molar refractivity (Wildman–Crippen MR) is 110 cm³/mol. The molecule has 26 heavy (non-hydrogen) atoms. The Balaban J connectivity index is 2.56. The fraction of sp³-hybridized carbons (Fsp3) is 0.409. The molecule has 0 aliphatic carbocycles. The van der Waals surface area contributed by atoms with Crippen molar-refractivity contribution in [2.75, 3.05) is 0 Å². The van der Waals surface area contributed by atoms with E-state index in [9.17, 15) is 9.90 Å². The van der Waals surface area contributed by atoms with E-state index in [0.717, 1.165) is 21.6 Å². The number of thioether (sulfide) groups is 1. The molecule has 4 heteroatoms. The average Bonchev–Trinajstić information content (AvgIpc) is 2.52. The Morgan fingerprint density at radius 3 is 1.81 bits per heavy atom. The number of rotatable bonds is 4. The summed E-state index contributed by atoms with van der Waals surface area (Å²) in [5.74, 6) is -0.0337. The number of phenolic OH excluding ortho intramolecular Hbond substituents is 1. The molecule has 0 heterocycles. The van der Waals surface area contributed by atoms with Crippen LogP contribution in [0.5, 0.6) is 5.75 Å². The van der Waals surface area contributed by atoms with E-state index in [-0.39, 0.29) is 16.7 Å². The van der Waals surface area contributed by atoms with Crippen LogP contribution in [0.4, 0.5) is 0 Å². The molecule has 3 nitrogen and oxygen atoms in total. The van der Waals surface area contributed by atoms with Gasteiger partial charge in [-0.25, -0.2) is 0 Å². The third-order valence-electron chi connectivity index (χ3n) is 4.31. The third kappa shape index (κ3) is 4.61. The maximum Gasteiger partial charge on any atom is 0.235 e. The summed E-state index contributed by atoms with van der Waals surface area (Å²) in [4.78, 5) is 13.0. The van der Waals surface area contributed by atoms with Crippen molar-refractivity contribution in [3.05, 3.63) is 59.2 Å². The first kappa shape index (κ1) is 20.4. The van der Waals surface area contributed by atoms with Gasteiger partial charge in [-0.15, -0.1) is 11.8 Å². The van der Waals surface area contributed by atoms with Crippen LogP contribution < -0.4 is 5.73 Å². The minimum Gasteiger partial charge on any atom is -0.507 e. The first-order valence-electron chi connectivity index (χ1n) is 8.80. The van der Waals surface area contributed by atoms with Crippen LogP contribution >= 0.6 is 11.8 Å². The number of carbonyl (C=O) groups is 1. The van der Waals surface area contributed by atoms with Crippen LogP contribution in [-0.2, 0) is 15.6 Å². The number of carbonyl (C=O) groups excluding carboxylic acids is 1. The molecule has 0 aromatic heterocycles. The molecule has 2 aromatic rings. The van der Waals surface area contributed by atoms with E-state index in [1.165, 1.54) is 11.8 Å². The van der Waals surface area contributed by atoms with Gasteiger partial charge in [0.2, 0.25) is 5.91 Å². The van der Waals surface area contributed by atoms with Crippen LogP contribution in [0.1, 0.15) is 63.5 Å². The topological polar surface area (TPSA) is 63.3 Å². The molecule has 1 unspecified atom stereocenters. The van der Waals surface area contributed by atoms with Gasteiger partial charge in [-0.3, -0.25) is 4.79 Å². The summed E-state index contributed by atoms with van der Waals surface area (Å²) < 4.78 is 0. The van der Waals surface area contributed by atoms with E-state index in [0.29, 0.717) is 5.75 Å². The molecule has 0 fully saturated rings. The molecule has 0 saturated carbocycles. The Hall–Kier alpha value is -1.94. The summed E-state index contributed by atoms with van der Waals surface area (Å²) in [5.41, 5.74) is 7.90. The van der Waals surface area contributed by atoms with E-state index >= 15 is 0 Å². The zero-order valence-electron chi connectivity index (χ0n) is 16.5. The van der Waals surface area contributed by atoms with Gasteiger partial charge in [0.1, 0.15) is 11.0 Å². The molecule has 0 spiro atoms. The Kier molecular flexibility index (Phi) is 5.76. The lowest BCUT2D eigenvalue weighted by Gasteiger charge is -2.28. The molecule has 3 N–H and O–H groups in total. The highest BCUT2D eigenvalue weighted by Gasteiger charge is 2.28. The highest BCUT2D eigenvalue weighted by molar-refractivity contribution is 8.00. The van der Waals surface area contributed by atoms with Crippen molar-refractivity contribution in [1.29, 1.82) is 0 Å². The fourth-order valence-electron chi connectivity index (χ4n) is 2.87. The van der Waals surface area contributed by atoms with Gasteiger partial charge in [0, 0.05) is 16.0 Å². The first-order valence-corrected chi connectivity index (χ1v) is 9.68. The number of hydrogen-bond donors (Lipinski definition) is 2. The molecule has 2 rings (SSSR count). The Bertz CT molecular complexity index is 751. The van der Waals surface area contributed by atoms with Crippen molar-refractivity contribution in [3.63, 3.8) is 0 Å². The van der Waals surface area contributed by atoms with E-state index in [1.807, 2.05) is 42.5 Å². The minimum atomic E-state index is -0.471. The molecule has 0 aliphatic heterocycles. The van der Waals surface area contributed by atoms with E-state index in [2.05, 4.69) is 41.5 Å². The Morgan fingerprint density at radius 2 is 1.42 bits per heavy atom. The Labute approximate surface area is 161 Å². The van der Waals surface area contributed by atoms with Crippen molar-refractivity contribution >= 4 is 17.7 Å². The van der Waals surface area contributed by atoms with Gasteiger partial charge in [0.15, 0.2) is 0 Å². The highest BCUT2D eigenvalue weighted by Crippen LogP contribution is 2.44. The maximum atomic E-state index is 12.1. The lowest BCUT2D eigenvalue weighted by molar-refractivity contribution is -0.117. The lowest BCUT2D eigenvalue weighted by Crippen LogP contribution is -2.20. The zero-order chi connectivity index (χ0) is 19.7. The number of nitrogens with two attached hydrogens (primary N) is 1. The van der Waals surface area contributed by atoms with Crippen molar-refractivity contribution in [3.8, 4) is 5.75 Å². The van der Waals surface area contributed by atoms with Gasteiger partial charge >= 0.3 is 0 Å². The number of primary amides is 1. The third-order valence-corrected chi connectivity index (χ3v) is 5.56. The first-order chi connectivity index (χ1) is 11.9. The van der Waals surface area contributed by atoms with Gasteiger partial charge in [-0.1, -0.05) is 71.9 Å². The maximum absolute atomic E-state index is 12.1. The van der Waals surface area contributed by atoms with Crippen molar-refractivity contribution < 1.29 is 9.90 Å². The van der Waals surface area contributed by atoms with Crippen LogP contribution in [-0.4, -0.2) is 11.0 Å². The molecule has 0 aliphatic rings. The zero-order valence-corrected chi connectivity index (χ0v) is 17.3. The molecule has 2 aromatic carbocycles. The highest BCUT2D eigenvalue weighted by atomic mass is 32.2. The van der Waals surface area contributed by atoms with Gasteiger partial charge in [0.05, 0.1) is 0 Å². The van der Waals surface area contributed by atoms with E-state index < -0.39 is 5.25 Å². The van der Waals surface area contributed by atoms with Crippen molar-refractivity contribution in [2.24, 2.45) is 5.73 Å². The smallest absolute Gasteiger partial charge is 0.235 e. The quantitative estimate of drug-likeness (QED) is 0.716. The largest absolute Gasteiger partial charge is 0.507 e. The summed E-state index contributed by atoms with van der Waals surface area (Å²) in [5, 5.41) is 10.4. The fourth-order valence-corrected chi connectivity index (χ4v) is 3.93. The second-order valence-corrected chi connectivity index (χ2v) is 9.86. The molecule has 1 amide bonds. The molecule has 140 valence electrons. The number of amides is 1. The number of aromatic hydroxyl groups is 1. The second-order valence-electron chi connectivity index (χ2n) is 8.68. The van der Waals surface area contributed by atoms with Crippen molar-refractivity contribution in [1.82, 2.24) is 0 Å². The van der Waals surface area contributed by atoms with Gasteiger partial charge in [-0.05, 0) is 28.5 Å². The van der Waals surface area contributed by atoms with Crippen LogP contribution in [0, 0.1) is 0 Å². The molecule has 1 atom stereocenters. The monoisotopic (exact) mass is 371 g/mol. The van der Waals surface area contributed by atoms with Crippen LogP contribution in [0.2, 0.25) is 0 Å². The van der Waals surface area contributed by atoms with Gasteiger partial charge < -0.3 is 10.8 Å². The number of hydrogen-bond acceptors (Lipinski definition) is 3. The number of phenols is 1. The van der Waals surface area contributed by atoms with Gasteiger partial charge in [-0.2, -0.15) is 0 Å². The normalized spacial score (nSPS) is 13.5. The predicted octanol–water partition coefficient (Wildman–Crippen LogP) is 5.31. The molecular weight excluding hydrogens is 342 g/mol. The molecular formula is C22H29NO2S. The average molecular weight is 372 g/mol. The lowest BCUT2D eigenvalue weighted by atomic mass is 9.79. The second kappa shape index (κ2) is 7.36. The molecule has 0 radical (unpaired) electrons. The van der Waals surface area contributed by atoms with Crippen molar-refractivity contribution in [2.45, 2.75) is 62.5 Å².